The number of likely N-dealkylation sites (tertiary alicyclic amines) is 1. The van der Waals surface area contributed by atoms with E-state index in [0.29, 0.717) is 44.6 Å². The number of fused-ring (bicyclic) bond motifs is 1. The molecular weight excluding hydrogens is 440 g/mol. The van der Waals surface area contributed by atoms with Crippen molar-refractivity contribution in [3.63, 3.8) is 0 Å². The maximum atomic E-state index is 11.3. The van der Waals surface area contributed by atoms with Crippen LogP contribution < -0.4 is 14.2 Å². The lowest BCUT2D eigenvalue weighted by Gasteiger charge is -2.39. The van der Waals surface area contributed by atoms with Crippen molar-refractivity contribution in [2.24, 2.45) is 0 Å². The van der Waals surface area contributed by atoms with Gasteiger partial charge in [-0.3, -0.25) is 10.1 Å². The number of nitrogens with zero attached hydrogens (tertiary/aromatic N) is 2. The molecule has 0 spiro atoms. The van der Waals surface area contributed by atoms with Gasteiger partial charge in [-0.15, -0.1) is 0 Å². The summed E-state index contributed by atoms with van der Waals surface area (Å²) in [6, 6.07) is 10.3. The van der Waals surface area contributed by atoms with Crippen LogP contribution >= 0.6 is 0 Å². The average Bonchev–Trinajstić information content (AvgIpc) is 3.13. The summed E-state index contributed by atoms with van der Waals surface area (Å²) in [7, 11) is 1.61. The van der Waals surface area contributed by atoms with E-state index >= 15 is 0 Å². The average molecular weight is 473 g/mol. The SMILES string of the molecule is COc1ccc(C2(O)CCN(CC(O)COc3cc([N+](=O)[O-])cc4c3OC(C)(C)C4)CC2)cc1. The van der Waals surface area contributed by atoms with E-state index in [-0.39, 0.29) is 18.0 Å². The molecule has 2 aromatic carbocycles. The van der Waals surface area contributed by atoms with Gasteiger partial charge in [0.25, 0.3) is 5.69 Å². The Hall–Kier alpha value is -2.88. The highest BCUT2D eigenvalue weighted by Gasteiger charge is 2.36. The maximum absolute atomic E-state index is 11.3. The van der Waals surface area contributed by atoms with Gasteiger partial charge in [0.1, 0.15) is 24.1 Å². The topological polar surface area (TPSA) is 115 Å². The Labute approximate surface area is 199 Å². The molecule has 1 unspecified atom stereocenters. The quantitative estimate of drug-likeness (QED) is 0.445. The van der Waals surface area contributed by atoms with E-state index in [4.69, 9.17) is 14.2 Å². The van der Waals surface area contributed by atoms with E-state index in [0.717, 1.165) is 16.9 Å². The van der Waals surface area contributed by atoms with E-state index in [2.05, 4.69) is 4.90 Å². The van der Waals surface area contributed by atoms with E-state index in [1.165, 1.54) is 12.1 Å². The first kappa shape index (κ1) is 24.3. The minimum absolute atomic E-state index is 0.0172. The zero-order chi connectivity index (χ0) is 24.5. The number of hydrogen-bond donors (Lipinski definition) is 2. The molecule has 0 bridgehead atoms. The molecule has 2 aromatic rings. The van der Waals surface area contributed by atoms with Crippen LogP contribution in [0.2, 0.25) is 0 Å². The van der Waals surface area contributed by atoms with Gasteiger partial charge >= 0.3 is 0 Å². The number of nitro benzene ring substituents is 1. The van der Waals surface area contributed by atoms with E-state index < -0.39 is 22.2 Å². The van der Waals surface area contributed by atoms with Crippen LogP contribution in [0.5, 0.6) is 17.2 Å². The Morgan fingerprint density at radius 1 is 1.21 bits per heavy atom. The molecule has 2 aliphatic rings. The molecule has 0 saturated carbocycles. The second kappa shape index (κ2) is 9.40. The van der Waals surface area contributed by atoms with Crippen LogP contribution in [-0.4, -0.2) is 65.1 Å². The summed E-state index contributed by atoms with van der Waals surface area (Å²) in [5.41, 5.74) is 0.163. The second-order valence-electron chi connectivity index (χ2n) is 9.75. The fourth-order valence-corrected chi connectivity index (χ4v) is 4.71. The number of benzene rings is 2. The highest BCUT2D eigenvalue weighted by molar-refractivity contribution is 5.57. The van der Waals surface area contributed by atoms with Gasteiger partial charge in [0, 0.05) is 37.7 Å². The molecule has 0 amide bonds. The Kier molecular flexibility index (Phi) is 6.71. The molecule has 2 heterocycles. The summed E-state index contributed by atoms with van der Waals surface area (Å²) < 4.78 is 16.9. The summed E-state index contributed by atoms with van der Waals surface area (Å²) in [6.45, 7) is 5.45. The standard InChI is InChI=1S/C25H32N2O7/c1-24(2)14-17-12-19(27(30)31)13-22(23(17)34-24)33-16-20(28)15-26-10-8-25(29,9-11-26)18-4-6-21(32-3)7-5-18/h4-7,12-13,20,28-29H,8-11,14-16H2,1-3H3. The van der Waals surface area contributed by atoms with Gasteiger partial charge in [0.15, 0.2) is 11.5 Å². The third-order valence-corrected chi connectivity index (χ3v) is 6.53. The molecule has 0 aliphatic carbocycles. The fourth-order valence-electron chi connectivity index (χ4n) is 4.71. The largest absolute Gasteiger partial charge is 0.497 e. The normalized spacial score (nSPS) is 19.7. The molecule has 4 rings (SSSR count). The molecule has 184 valence electrons. The maximum Gasteiger partial charge on any atom is 0.273 e. The molecule has 0 aromatic heterocycles. The molecule has 9 nitrogen and oxygen atoms in total. The van der Waals surface area contributed by atoms with Crippen LogP contribution in [0.1, 0.15) is 37.8 Å². The van der Waals surface area contributed by atoms with Crippen molar-refractivity contribution in [3.8, 4) is 17.2 Å². The van der Waals surface area contributed by atoms with Gasteiger partial charge in [0.2, 0.25) is 0 Å². The minimum Gasteiger partial charge on any atom is -0.497 e. The number of aliphatic hydroxyl groups excluding tert-OH is 1. The molecule has 1 atom stereocenters. The zero-order valence-corrected chi connectivity index (χ0v) is 19.8. The van der Waals surface area contributed by atoms with Gasteiger partial charge < -0.3 is 29.3 Å². The van der Waals surface area contributed by atoms with Crippen molar-refractivity contribution in [1.29, 1.82) is 0 Å². The number of aliphatic hydroxyl groups is 2. The third kappa shape index (κ3) is 5.27. The first-order valence-electron chi connectivity index (χ1n) is 11.5. The second-order valence-corrected chi connectivity index (χ2v) is 9.75. The summed E-state index contributed by atoms with van der Waals surface area (Å²) in [5.74, 6) is 1.53. The van der Waals surface area contributed by atoms with Crippen molar-refractivity contribution in [1.82, 2.24) is 4.90 Å². The Bertz CT molecular complexity index is 1030. The highest BCUT2D eigenvalue weighted by Crippen LogP contribution is 2.44. The molecule has 34 heavy (non-hydrogen) atoms. The number of ether oxygens (including phenoxy) is 3. The molecule has 0 radical (unpaired) electrons. The molecular formula is C25H32N2O7. The van der Waals surface area contributed by atoms with E-state index in [1.807, 2.05) is 38.1 Å². The van der Waals surface area contributed by atoms with Crippen LogP contribution in [0, 0.1) is 10.1 Å². The van der Waals surface area contributed by atoms with Gasteiger partial charge in [0.05, 0.1) is 23.7 Å². The Morgan fingerprint density at radius 3 is 2.50 bits per heavy atom. The number of rotatable bonds is 8. The Balaban J connectivity index is 1.33. The van der Waals surface area contributed by atoms with E-state index in [9.17, 15) is 20.3 Å². The number of non-ortho nitro benzene ring substituents is 1. The summed E-state index contributed by atoms with van der Waals surface area (Å²) in [6.07, 6.45) is 0.854. The van der Waals surface area contributed by atoms with Crippen LogP contribution in [0.4, 0.5) is 5.69 Å². The van der Waals surface area contributed by atoms with Crippen LogP contribution in [0.15, 0.2) is 36.4 Å². The van der Waals surface area contributed by atoms with Crippen molar-refractivity contribution in [2.45, 2.75) is 50.4 Å². The highest BCUT2D eigenvalue weighted by atomic mass is 16.6. The van der Waals surface area contributed by atoms with Gasteiger partial charge in [-0.25, -0.2) is 0 Å². The number of hydrogen-bond acceptors (Lipinski definition) is 8. The van der Waals surface area contributed by atoms with Crippen LogP contribution in [0.25, 0.3) is 0 Å². The molecule has 1 saturated heterocycles. The minimum atomic E-state index is -0.905. The first-order chi connectivity index (χ1) is 16.1. The number of methoxy groups -OCH3 is 1. The Morgan fingerprint density at radius 2 is 1.88 bits per heavy atom. The summed E-state index contributed by atoms with van der Waals surface area (Å²) in [5, 5.41) is 33.0. The predicted molar refractivity (Wildman–Crippen MR) is 126 cm³/mol. The summed E-state index contributed by atoms with van der Waals surface area (Å²) >= 11 is 0. The van der Waals surface area contributed by atoms with E-state index in [1.54, 1.807) is 7.11 Å². The smallest absolute Gasteiger partial charge is 0.273 e. The van der Waals surface area contributed by atoms with Gasteiger partial charge in [-0.2, -0.15) is 0 Å². The fraction of sp³-hybridized carbons (Fsp3) is 0.520. The van der Waals surface area contributed by atoms with Crippen molar-refractivity contribution < 1.29 is 29.3 Å². The lowest BCUT2D eigenvalue weighted by molar-refractivity contribution is -0.385. The molecule has 9 heteroatoms. The third-order valence-electron chi connectivity index (χ3n) is 6.53. The molecule has 1 fully saturated rings. The monoisotopic (exact) mass is 472 g/mol. The van der Waals surface area contributed by atoms with Crippen LogP contribution in [-0.2, 0) is 12.0 Å². The van der Waals surface area contributed by atoms with Gasteiger partial charge in [-0.05, 0) is 44.4 Å². The molecule has 2 aliphatic heterocycles. The lowest BCUT2D eigenvalue weighted by atomic mass is 9.84. The molecule has 2 N–H and O–H groups in total. The number of nitro groups is 1. The number of β-amino-alcohol motifs (C(OH)–C–C–N with tert-alkyl or cyclic N) is 1. The lowest BCUT2D eigenvalue weighted by Crippen LogP contribution is -2.46. The van der Waals surface area contributed by atoms with Crippen molar-refractivity contribution in [3.05, 3.63) is 57.6 Å². The van der Waals surface area contributed by atoms with Crippen LogP contribution in [0.3, 0.4) is 0 Å². The van der Waals surface area contributed by atoms with Crippen molar-refractivity contribution >= 4 is 5.69 Å². The van der Waals surface area contributed by atoms with Gasteiger partial charge in [-0.1, -0.05) is 12.1 Å². The zero-order valence-electron chi connectivity index (χ0n) is 19.8. The predicted octanol–water partition coefficient (Wildman–Crippen LogP) is 3.04. The first-order valence-corrected chi connectivity index (χ1v) is 11.5. The summed E-state index contributed by atoms with van der Waals surface area (Å²) in [4.78, 5) is 13.0. The number of piperidine rings is 1. The van der Waals surface area contributed by atoms with Crippen molar-refractivity contribution in [2.75, 3.05) is 33.4 Å².